The molecule has 1 unspecified atom stereocenters. The van der Waals surface area contributed by atoms with Gasteiger partial charge in [0.25, 0.3) is 0 Å². The number of allylic oxidation sites excluding steroid dienone is 8. The number of hydrogen-bond donors (Lipinski definition) is 1. The summed E-state index contributed by atoms with van der Waals surface area (Å²) >= 11 is 0. The van der Waals surface area contributed by atoms with E-state index in [1.807, 2.05) is 0 Å². The zero-order valence-electron chi connectivity index (χ0n) is 32.3. The third kappa shape index (κ3) is 38.7. The SMILES string of the molecule is CCCCC/C=C\C/C=C\CCCCCCCCC(CCCCCCCC/C=C\C/C=C\CCCCCC)NC(=O)CCCN(C)C. The van der Waals surface area contributed by atoms with Crippen LogP contribution in [0.2, 0.25) is 0 Å². The topological polar surface area (TPSA) is 32.3 Å². The van der Waals surface area contributed by atoms with E-state index in [2.05, 4.69) is 86.8 Å². The van der Waals surface area contributed by atoms with Crippen molar-refractivity contribution in [2.24, 2.45) is 0 Å². The molecule has 0 saturated carbocycles. The molecule has 0 aromatic rings. The van der Waals surface area contributed by atoms with Gasteiger partial charge in [0.15, 0.2) is 0 Å². The lowest BCUT2D eigenvalue weighted by Gasteiger charge is -2.19. The van der Waals surface area contributed by atoms with Crippen LogP contribution in [-0.2, 0) is 4.79 Å². The van der Waals surface area contributed by atoms with E-state index in [9.17, 15) is 4.79 Å². The van der Waals surface area contributed by atoms with Crippen molar-refractivity contribution in [2.75, 3.05) is 20.6 Å². The second-order valence-corrected chi connectivity index (χ2v) is 14.3. The van der Waals surface area contributed by atoms with Gasteiger partial charge in [0.2, 0.25) is 5.91 Å². The molecule has 3 heteroatoms. The third-order valence-electron chi connectivity index (χ3n) is 9.13. The summed E-state index contributed by atoms with van der Waals surface area (Å²) in [6.07, 6.45) is 55.0. The third-order valence-corrected chi connectivity index (χ3v) is 9.13. The van der Waals surface area contributed by atoms with Crippen molar-refractivity contribution in [3.05, 3.63) is 48.6 Å². The number of nitrogens with zero attached hydrogens (tertiary/aromatic N) is 1. The second-order valence-electron chi connectivity index (χ2n) is 14.3. The highest BCUT2D eigenvalue weighted by Gasteiger charge is 2.12. The van der Waals surface area contributed by atoms with Crippen molar-refractivity contribution in [1.82, 2.24) is 10.2 Å². The molecule has 0 radical (unpaired) electrons. The van der Waals surface area contributed by atoms with Crippen LogP contribution >= 0.6 is 0 Å². The maximum absolute atomic E-state index is 12.6. The Morgan fingerprint density at radius 1 is 0.489 bits per heavy atom. The van der Waals surface area contributed by atoms with Gasteiger partial charge in [0.1, 0.15) is 0 Å². The predicted octanol–water partition coefficient (Wildman–Crippen LogP) is 13.6. The van der Waals surface area contributed by atoms with Gasteiger partial charge in [-0.2, -0.15) is 0 Å². The molecule has 1 atom stereocenters. The molecule has 47 heavy (non-hydrogen) atoms. The first kappa shape index (κ1) is 45.4. The lowest BCUT2D eigenvalue weighted by Crippen LogP contribution is -2.35. The molecule has 0 aromatic heterocycles. The summed E-state index contributed by atoms with van der Waals surface area (Å²) in [6.45, 7) is 5.52. The largest absolute Gasteiger partial charge is 0.353 e. The average Bonchev–Trinajstić information content (AvgIpc) is 3.05. The number of nitrogens with one attached hydrogen (secondary N) is 1. The lowest BCUT2D eigenvalue weighted by molar-refractivity contribution is -0.122. The zero-order valence-corrected chi connectivity index (χ0v) is 32.3. The first-order valence-electron chi connectivity index (χ1n) is 20.6. The van der Waals surface area contributed by atoms with Crippen LogP contribution < -0.4 is 5.32 Å². The first-order valence-corrected chi connectivity index (χ1v) is 20.6. The Bertz CT molecular complexity index is 750. The fraction of sp³-hybridized carbons (Fsp3) is 0.795. The van der Waals surface area contributed by atoms with Gasteiger partial charge in [-0.3, -0.25) is 4.79 Å². The fourth-order valence-corrected chi connectivity index (χ4v) is 6.08. The second kappa shape index (κ2) is 38.8. The normalized spacial score (nSPS) is 13.0. The Balaban J connectivity index is 4.01. The Labute approximate surface area is 295 Å². The van der Waals surface area contributed by atoms with E-state index in [0.717, 1.165) is 38.6 Å². The van der Waals surface area contributed by atoms with E-state index in [4.69, 9.17) is 0 Å². The van der Waals surface area contributed by atoms with Crippen LogP contribution in [-0.4, -0.2) is 37.5 Å². The van der Waals surface area contributed by atoms with E-state index in [-0.39, 0.29) is 5.91 Å². The van der Waals surface area contributed by atoms with Gasteiger partial charge < -0.3 is 10.2 Å². The van der Waals surface area contributed by atoms with E-state index in [1.165, 1.54) is 148 Å². The molecule has 3 nitrogen and oxygen atoms in total. The molecular formula is C44H82N2O. The Morgan fingerprint density at radius 2 is 0.851 bits per heavy atom. The zero-order chi connectivity index (χ0) is 34.3. The highest BCUT2D eigenvalue weighted by molar-refractivity contribution is 5.76. The molecule has 0 aromatic carbocycles. The smallest absolute Gasteiger partial charge is 0.220 e. The fourth-order valence-electron chi connectivity index (χ4n) is 6.08. The van der Waals surface area contributed by atoms with Crippen LogP contribution in [0.25, 0.3) is 0 Å². The molecule has 0 bridgehead atoms. The molecule has 0 fully saturated rings. The van der Waals surface area contributed by atoms with Gasteiger partial charge >= 0.3 is 0 Å². The Morgan fingerprint density at radius 3 is 1.28 bits per heavy atom. The van der Waals surface area contributed by atoms with E-state index in [1.54, 1.807) is 0 Å². The van der Waals surface area contributed by atoms with E-state index < -0.39 is 0 Å². The summed E-state index contributed by atoms with van der Waals surface area (Å²) in [5.74, 6) is 0.257. The molecule has 1 amide bonds. The van der Waals surface area contributed by atoms with Gasteiger partial charge in [-0.1, -0.05) is 159 Å². The van der Waals surface area contributed by atoms with Crippen LogP contribution in [0.15, 0.2) is 48.6 Å². The van der Waals surface area contributed by atoms with Gasteiger partial charge in [-0.05, 0) is 104 Å². The van der Waals surface area contributed by atoms with Crippen molar-refractivity contribution < 1.29 is 4.79 Å². The van der Waals surface area contributed by atoms with Crippen LogP contribution in [0, 0.1) is 0 Å². The van der Waals surface area contributed by atoms with Crippen LogP contribution in [0.5, 0.6) is 0 Å². The summed E-state index contributed by atoms with van der Waals surface area (Å²) in [5.41, 5.74) is 0. The average molecular weight is 655 g/mol. The summed E-state index contributed by atoms with van der Waals surface area (Å²) in [7, 11) is 4.16. The molecule has 0 aliphatic carbocycles. The number of amides is 1. The van der Waals surface area contributed by atoms with Crippen LogP contribution in [0.1, 0.15) is 200 Å². The van der Waals surface area contributed by atoms with Crippen LogP contribution in [0.4, 0.5) is 0 Å². The number of hydrogen-bond acceptors (Lipinski definition) is 2. The highest BCUT2D eigenvalue weighted by atomic mass is 16.1. The molecule has 0 aliphatic rings. The first-order chi connectivity index (χ1) is 23.1. The van der Waals surface area contributed by atoms with Gasteiger partial charge in [0.05, 0.1) is 0 Å². The molecule has 0 aliphatic heterocycles. The standard InChI is InChI=1S/C44H82N2O/c1-5-7-9-11-13-15-17-19-21-23-25-27-29-31-33-35-37-40-43(45-44(47)41-38-42-46(3)4)39-36-34-32-30-28-26-24-22-20-18-16-14-12-10-8-6-2/h14-17,20-23,43H,5-13,18-19,24-42H2,1-4H3,(H,45,47)/b16-14-,17-15-,22-20-,23-21-. The maximum atomic E-state index is 12.6. The Hall–Kier alpha value is -1.61. The van der Waals surface area contributed by atoms with Crippen molar-refractivity contribution in [3.8, 4) is 0 Å². The van der Waals surface area contributed by atoms with Gasteiger partial charge in [-0.25, -0.2) is 0 Å². The molecule has 0 spiro atoms. The molecule has 0 rings (SSSR count). The number of carbonyl (C=O) groups excluding carboxylic acids is 1. The summed E-state index contributed by atoms with van der Waals surface area (Å²) in [6, 6.07) is 0.364. The minimum absolute atomic E-state index is 0.257. The maximum Gasteiger partial charge on any atom is 0.220 e. The molecule has 274 valence electrons. The molecule has 1 N–H and O–H groups in total. The van der Waals surface area contributed by atoms with Crippen molar-refractivity contribution >= 4 is 5.91 Å². The van der Waals surface area contributed by atoms with Crippen LogP contribution in [0.3, 0.4) is 0 Å². The monoisotopic (exact) mass is 655 g/mol. The summed E-state index contributed by atoms with van der Waals surface area (Å²) in [5, 5.41) is 3.42. The molecular weight excluding hydrogens is 572 g/mol. The van der Waals surface area contributed by atoms with Gasteiger partial charge in [0, 0.05) is 12.5 Å². The Kier molecular flexibility index (Phi) is 37.5. The molecule has 0 saturated heterocycles. The predicted molar refractivity (Wildman–Crippen MR) is 212 cm³/mol. The molecule has 0 heterocycles. The quantitative estimate of drug-likeness (QED) is 0.0538. The van der Waals surface area contributed by atoms with Crippen molar-refractivity contribution in [3.63, 3.8) is 0 Å². The van der Waals surface area contributed by atoms with Crippen molar-refractivity contribution in [1.29, 1.82) is 0 Å². The summed E-state index contributed by atoms with van der Waals surface area (Å²) in [4.78, 5) is 14.8. The van der Waals surface area contributed by atoms with E-state index >= 15 is 0 Å². The minimum Gasteiger partial charge on any atom is -0.353 e. The highest BCUT2D eigenvalue weighted by Crippen LogP contribution is 2.16. The summed E-state index contributed by atoms with van der Waals surface area (Å²) < 4.78 is 0. The van der Waals surface area contributed by atoms with Gasteiger partial charge in [-0.15, -0.1) is 0 Å². The number of carbonyl (C=O) groups is 1. The van der Waals surface area contributed by atoms with Crippen molar-refractivity contribution in [2.45, 2.75) is 206 Å². The number of unbranched alkanes of at least 4 members (excludes halogenated alkanes) is 19. The number of rotatable bonds is 36. The lowest BCUT2D eigenvalue weighted by atomic mass is 9.99. The minimum atomic E-state index is 0.257. The van der Waals surface area contributed by atoms with E-state index in [0.29, 0.717) is 12.5 Å².